The van der Waals surface area contributed by atoms with E-state index in [-0.39, 0.29) is 5.97 Å². The number of nitrogens with one attached hydrogen (secondary N) is 2. The quantitative estimate of drug-likeness (QED) is 0.224. The summed E-state index contributed by atoms with van der Waals surface area (Å²) in [5.41, 5.74) is 5.55. The third-order valence-corrected chi connectivity index (χ3v) is 6.23. The van der Waals surface area contributed by atoms with Gasteiger partial charge < -0.3 is 24.5 Å². The summed E-state index contributed by atoms with van der Waals surface area (Å²) in [5.74, 6) is 1.25. The van der Waals surface area contributed by atoms with Gasteiger partial charge in [0.05, 0.1) is 25.3 Å². The van der Waals surface area contributed by atoms with Crippen molar-refractivity contribution < 1.29 is 19.0 Å². The number of ether oxygens (including phenoxy) is 3. The average Bonchev–Trinajstić information content (AvgIpc) is 3.34. The zero-order valence-corrected chi connectivity index (χ0v) is 20.8. The molecule has 0 aliphatic carbocycles. The van der Waals surface area contributed by atoms with Gasteiger partial charge >= 0.3 is 5.97 Å². The minimum Gasteiger partial charge on any atom is -0.497 e. The Kier molecular flexibility index (Phi) is 7.08. The summed E-state index contributed by atoms with van der Waals surface area (Å²) in [5, 5.41) is 5.77. The minimum atomic E-state index is -0.355. The number of benzene rings is 4. The molecular formula is C31H28N2O4. The fraction of sp³-hybridized carbons (Fsp3) is 0.129. The number of aromatic amines is 1. The molecule has 0 saturated carbocycles. The van der Waals surface area contributed by atoms with Crippen molar-refractivity contribution in [1.82, 2.24) is 4.98 Å². The number of esters is 1. The molecule has 186 valence electrons. The number of para-hydroxylation sites is 2. The second-order valence-corrected chi connectivity index (χ2v) is 8.64. The Balaban J connectivity index is 1.39. The van der Waals surface area contributed by atoms with E-state index >= 15 is 0 Å². The van der Waals surface area contributed by atoms with Crippen LogP contribution in [0, 0.1) is 0 Å². The normalized spacial score (nSPS) is 11.5. The van der Waals surface area contributed by atoms with Gasteiger partial charge in [0, 0.05) is 28.5 Å². The number of hydrogen-bond acceptors (Lipinski definition) is 5. The highest BCUT2D eigenvalue weighted by molar-refractivity contribution is 6.09. The molecular weight excluding hydrogens is 464 g/mol. The van der Waals surface area contributed by atoms with E-state index in [1.54, 1.807) is 19.2 Å². The number of rotatable bonds is 9. The first-order valence-corrected chi connectivity index (χ1v) is 12.0. The molecule has 0 fully saturated rings. The fourth-order valence-electron chi connectivity index (χ4n) is 4.27. The summed E-state index contributed by atoms with van der Waals surface area (Å²) >= 11 is 0. The number of hydrogen-bond donors (Lipinski definition) is 2. The van der Waals surface area contributed by atoms with Crippen molar-refractivity contribution in [2.45, 2.75) is 0 Å². The van der Waals surface area contributed by atoms with Gasteiger partial charge in [-0.1, -0.05) is 48.5 Å². The van der Waals surface area contributed by atoms with E-state index in [2.05, 4.69) is 34.6 Å². The SMILES string of the molecule is COC(=O)c1ccc(/C=C(\CNc2ccc(OC)cc2)COc2cccc3c2[nH]c2ccccc23)cc1. The maximum absolute atomic E-state index is 11.8. The van der Waals surface area contributed by atoms with Crippen LogP contribution in [0.4, 0.5) is 5.69 Å². The highest BCUT2D eigenvalue weighted by Crippen LogP contribution is 2.31. The van der Waals surface area contributed by atoms with Crippen LogP contribution in [0.15, 0.2) is 96.6 Å². The number of carbonyl (C=O) groups excluding carboxylic acids is 1. The molecule has 2 N–H and O–H groups in total. The van der Waals surface area contributed by atoms with Crippen LogP contribution in [0.25, 0.3) is 27.9 Å². The van der Waals surface area contributed by atoms with Gasteiger partial charge in [0.15, 0.2) is 0 Å². The monoisotopic (exact) mass is 492 g/mol. The van der Waals surface area contributed by atoms with Gasteiger partial charge in [-0.2, -0.15) is 0 Å². The van der Waals surface area contributed by atoms with Crippen molar-refractivity contribution in [2.24, 2.45) is 0 Å². The molecule has 0 atom stereocenters. The third kappa shape index (κ3) is 5.43. The number of H-pyrrole nitrogens is 1. The molecule has 1 aromatic heterocycles. The molecule has 1 heterocycles. The molecule has 0 radical (unpaired) electrons. The predicted molar refractivity (Wildman–Crippen MR) is 149 cm³/mol. The lowest BCUT2D eigenvalue weighted by atomic mass is 10.1. The van der Waals surface area contributed by atoms with Crippen molar-refractivity contribution in [3.63, 3.8) is 0 Å². The Hall–Kier alpha value is -4.71. The minimum absolute atomic E-state index is 0.355. The second-order valence-electron chi connectivity index (χ2n) is 8.64. The maximum atomic E-state index is 11.8. The Bertz CT molecular complexity index is 1550. The summed E-state index contributed by atoms with van der Waals surface area (Å²) in [6.45, 7) is 0.962. The van der Waals surface area contributed by atoms with E-state index in [1.165, 1.54) is 12.5 Å². The zero-order valence-electron chi connectivity index (χ0n) is 20.8. The molecule has 5 aromatic rings. The largest absolute Gasteiger partial charge is 0.497 e. The highest BCUT2D eigenvalue weighted by Gasteiger charge is 2.10. The Morgan fingerprint density at radius 3 is 2.38 bits per heavy atom. The molecule has 0 amide bonds. The smallest absolute Gasteiger partial charge is 0.337 e. The van der Waals surface area contributed by atoms with Gasteiger partial charge in [-0.05, 0) is 59.7 Å². The summed E-state index contributed by atoms with van der Waals surface area (Å²) < 4.78 is 16.4. The summed E-state index contributed by atoms with van der Waals surface area (Å²) in [6, 6.07) is 29.5. The first-order chi connectivity index (χ1) is 18.1. The van der Waals surface area contributed by atoms with Crippen LogP contribution in [0.3, 0.4) is 0 Å². The maximum Gasteiger partial charge on any atom is 0.337 e. The topological polar surface area (TPSA) is 72.6 Å². The van der Waals surface area contributed by atoms with Crippen LogP contribution in [0.2, 0.25) is 0 Å². The van der Waals surface area contributed by atoms with Crippen molar-refractivity contribution >= 4 is 39.5 Å². The number of carbonyl (C=O) groups is 1. The van der Waals surface area contributed by atoms with E-state index in [1.807, 2.05) is 60.7 Å². The molecule has 0 unspecified atom stereocenters. The lowest BCUT2D eigenvalue weighted by molar-refractivity contribution is 0.0600. The van der Waals surface area contributed by atoms with Crippen molar-refractivity contribution in [1.29, 1.82) is 0 Å². The summed E-state index contributed by atoms with van der Waals surface area (Å²) in [4.78, 5) is 15.3. The molecule has 4 aromatic carbocycles. The Morgan fingerprint density at radius 1 is 0.865 bits per heavy atom. The van der Waals surface area contributed by atoms with Crippen LogP contribution in [0.1, 0.15) is 15.9 Å². The van der Waals surface area contributed by atoms with Crippen LogP contribution in [-0.2, 0) is 4.74 Å². The van der Waals surface area contributed by atoms with Gasteiger partial charge in [-0.15, -0.1) is 0 Å². The fourth-order valence-corrected chi connectivity index (χ4v) is 4.27. The van der Waals surface area contributed by atoms with Gasteiger partial charge in [0.1, 0.15) is 18.1 Å². The Labute approximate surface area is 215 Å². The van der Waals surface area contributed by atoms with Crippen LogP contribution in [0.5, 0.6) is 11.5 Å². The van der Waals surface area contributed by atoms with E-state index in [0.717, 1.165) is 44.7 Å². The van der Waals surface area contributed by atoms with Crippen molar-refractivity contribution in [3.05, 3.63) is 108 Å². The highest BCUT2D eigenvalue weighted by atomic mass is 16.5. The summed E-state index contributed by atoms with van der Waals surface area (Å²) in [7, 11) is 3.03. The van der Waals surface area contributed by atoms with Gasteiger partial charge in [-0.25, -0.2) is 4.79 Å². The predicted octanol–water partition coefficient (Wildman–Crippen LogP) is 6.69. The van der Waals surface area contributed by atoms with Crippen molar-refractivity contribution in [2.75, 3.05) is 32.7 Å². The number of anilines is 1. The average molecular weight is 493 g/mol. The molecule has 0 bridgehead atoms. The molecule has 37 heavy (non-hydrogen) atoms. The lowest BCUT2D eigenvalue weighted by Gasteiger charge is -2.14. The van der Waals surface area contributed by atoms with E-state index < -0.39 is 0 Å². The van der Waals surface area contributed by atoms with E-state index in [4.69, 9.17) is 14.2 Å². The molecule has 0 aliphatic heterocycles. The van der Waals surface area contributed by atoms with Crippen molar-refractivity contribution in [3.8, 4) is 11.5 Å². The summed E-state index contributed by atoms with van der Waals surface area (Å²) in [6.07, 6.45) is 2.07. The second kappa shape index (κ2) is 10.9. The van der Waals surface area contributed by atoms with Crippen LogP contribution >= 0.6 is 0 Å². The molecule has 5 rings (SSSR count). The zero-order chi connectivity index (χ0) is 25.6. The van der Waals surface area contributed by atoms with E-state index in [0.29, 0.717) is 18.7 Å². The Morgan fingerprint density at radius 2 is 1.62 bits per heavy atom. The number of fused-ring (bicyclic) bond motifs is 3. The first kappa shape index (κ1) is 24.0. The lowest BCUT2D eigenvalue weighted by Crippen LogP contribution is -2.12. The standard InChI is InChI=1S/C31H28N2O4/c1-35-25-16-14-24(15-17-25)32-19-22(18-21-10-12-23(13-11-21)31(34)36-2)20-37-29-9-5-7-27-26-6-3-4-8-28(26)33-30(27)29/h3-18,32-33H,19-20H2,1-2H3/b22-18+. The molecule has 6 heteroatoms. The van der Waals surface area contributed by atoms with Crippen LogP contribution < -0.4 is 14.8 Å². The van der Waals surface area contributed by atoms with Crippen LogP contribution in [-0.4, -0.2) is 38.3 Å². The number of aromatic nitrogens is 1. The molecule has 0 spiro atoms. The first-order valence-electron chi connectivity index (χ1n) is 12.0. The van der Waals surface area contributed by atoms with Gasteiger partial charge in [0.2, 0.25) is 0 Å². The molecule has 6 nitrogen and oxygen atoms in total. The van der Waals surface area contributed by atoms with E-state index in [9.17, 15) is 4.79 Å². The number of methoxy groups -OCH3 is 2. The van der Waals surface area contributed by atoms with Gasteiger partial charge in [0.25, 0.3) is 0 Å². The molecule has 0 aliphatic rings. The van der Waals surface area contributed by atoms with Gasteiger partial charge in [-0.3, -0.25) is 0 Å². The third-order valence-electron chi connectivity index (χ3n) is 6.23. The molecule has 0 saturated heterocycles.